The lowest BCUT2D eigenvalue weighted by Crippen LogP contribution is -1.97. The lowest BCUT2D eigenvalue weighted by Gasteiger charge is -2.05. The van der Waals surface area contributed by atoms with Crippen molar-refractivity contribution in [3.8, 4) is 22.8 Å². The van der Waals surface area contributed by atoms with E-state index in [-0.39, 0.29) is 6.61 Å². The van der Waals surface area contributed by atoms with Gasteiger partial charge in [0.2, 0.25) is 0 Å². The van der Waals surface area contributed by atoms with E-state index in [4.69, 9.17) is 0 Å². The third-order valence-electron chi connectivity index (χ3n) is 3.22. The minimum Gasteiger partial charge on any atom is -0.392 e. The fourth-order valence-corrected chi connectivity index (χ4v) is 2.20. The first-order valence-electron chi connectivity index (χ1n) is 6.45. The van der Waals surface area contributed by atoms with E-state index in [9.17, 15) is 5.11 Å². The van der Waals surface area contributed by atoms with Gasteiger partial charge in [-0.15, -0.1) is 0 Å². The van der Waals surface area contributed by atoms with Crippen molar-refractivity contribution >= 4 is 0 Å². The van der Waals surface area contributed by atoms with Gasteiger partial charge in [0.25, 0.3) is 0 Å². The topological polar surface area (TPSA) is 50.9 Å². The molecular formula is C16H15N3O. The molecule has 0 radical (unpaired) electrons. The van der Waals surface area contributed by atoms with E-state index in [0.29, 0.717) is 5.82 Å². The van der Waals surface area contributed by atoms with Crippen LogP contribution < -0.4 is 0 Å². The molecule has 0 saturated heterocycles. The van der Waals surface area contributed by atoms with Crippen molar-refractivity contribution in [2.24, 2.45) is 7.05 Å². The summed E-state index contributed by atoms with van der Waals surface area (Å²) in [5.41, 5.74) is 2.74. The smallest absolute Gasteiger partial charge is 0.181 e. The van der Waals surface area contributed by atoms with Crippen LogP contribution in [0.4, 0.5) is 0 Å². The Morgan fingerprint density at radius 2 is 1.70 bits per heavy atom. The summed E-state index contributed by atoms with van der Waals surface area (Å²) >= 11 is 0. The van der Waals surface area contributed by atoms with Crippen LogP contribution in [0, 0.1) is 0 Å². The number of nitrogens with zero attached hydrogens (tertiary/aromatic N) is 3. The maximum Gasteiger partial charge on any atom is 0.181 e. The van der Waals surface area contributed by atoms with E-state index in [2.05, 4.69) is 10.1 Å². The van der Waals surface area contributed by atoms with Crippen LogP contribution in [-0.2, 0) is 13.7 Å². The summed E-state index contributed by atoms with van der Waals surface area (Å²) in [4.78, 5) is 4.60. The molecule has 0 aliphatic carbocycles. The average Bonchev–Trinajstić information content (AvgIpc) is 2.90. The van der Waals surface area contributed by atoms with Crippen molar-refractivity contribution in [3.63, 3.8) is 0 Å². The van der Waals surface area contributed by atoms with E-state index in [1.807, 2.05) is 61.6 Å². The van der Waals surface area contributed by atoms with Gasteiger partial charge in [-0.2, -0.15) is 5.10 Å². The molecule has 100 valence electrons. The second-order valence-corrected chi connectivity index (χ2v) is 4.56. The summed E-state index contributed by atoms with van der Waals surface area (Å²) in [5.74, 6) is 1.45. The SMILES string of the molecule is Cn1nc(-c2ccccc2)nc1-c1ccccc1CO. The number of rotatable bonds is 3. The third-order valence-corrected chi connectivity index (χ3v) is 3.22. The van der Waals surface area contributed by atoms with Crippen molar-refractivity contribution in [2.75, 3.05) is 0 Å². The van der Waals surface area contributed by atoms with Gasteiger partial charge in [-0.3, -0.25) is 0 Å². The Morgan fingerprint density at radius 1 is 1.00 bits per heavy atom. The van der Waals surface area contributed by atoms with Crippen LogP contribution in [0.2, 0.25) is 0 Å². The molecule has 4 nitrogen and oxygen atoms in total. The minimum absolute atomic E-state index is 0.0102. The number of hydrogen-bond acceptors (Lipinski definition) is 3. The number of aromatic nitrogens is 3. The van der Waals surface area contributed by atoms with Gasteiger partial charge < -0.3 is 5.11 Å². The summed E-state index contributed by atoms with van der Waals surface area (Å²) in [6, 6.07) is 17.5. The highest BCUT2D eigenvalue weighted by Gasteiger charge is 2.13. The Balaban J connectivity index is 2.10. The zero-order chi connectivity index (χ0) is 13.9. The molecule has 0 fully saturated rings. The first-order valence-corrected chi connectivity index (χ1v) is 6.45. The number of aliphatic hydroxyl groups is 1. The number of aryl methyl sites for hydroxylation is 1. The molecule has 3 rings (SSSR count). The van der Waals surface area contributed by atoms with Crippen molar-refractivity contribution in [1.82, 2.24) is 14.8 Å². The van der Waals surface area contributed by atoms with Gasteiger partial charge in [0.15, 0.2) is 11.6 Å². The van der Waals surface area contributed by atoms with Gasteiger partial charge in [-0.05, 0) is 5.56 Å². The number of aliphatic hydroxyl groups excluding tert-OH is 1. The largest absolute Gasteiger partial charge is 0.392 e. The van der Waals surface area contributed by atoms with Crippen LogP contribution >= 0.6 is 0 Å². The fourth-order valence-electron chi connectivity index (χ4n) is 2.20. The molecule has 0 amide bonds. The molecule has 3 aromatic rings. The van der Waals surface area contributed by atoms with Crippen LogP contribution in [0.1, 0.15) is 5.56 Å². The maximum absolute atomic E-state index is 9.44. The van der Waals surface area contributed by atoms with E-state index >= 15 is 0 Å². The highest BCUT2D eigenvalue weighted by Crippen LogP contribution is 2.24. The standard InChI is InChI=1S/C16H15N3O/c1-19-16(14-10-6-5-9-13(14)11-20)17-15(18-19)12-7-3-2-4-8-12/h2-10,20H,11H2,1H3. The van der Waals surface area contributed by atoms with Gasteiger partial charge in [0, 0.05) is 18.2 Å². The summed E-state index contributed by atoms with van der Waals surface area (Å²) < 4.78 is 1.75. The Morgan fingerprint density at radius 3 is 2.45 bits per heavy atom. The van der Waals surface area contributed by atoms with Crippen LogP contribution in [0.5, 0.6) is 0 Å². The Kier molecular flexibility index (Phi) is 3.31. The van der Waals surface area contributed by atoms with Crippen molar-refractivity contribution in [1.29, 1.82) is 0 Å². The third kappa shape index (κ3) is 2.21. The molecule has 1 N–H and O–H groups in total. The highest BCUT2D eigenvalue weighted by atomic mass is 16.3. The monoisotopic (exact) mass is 265 g/mol. The Hall–Kier alpha value is -2.46. The molecule has 1 heterocycles. The molecule has 0 saturated carbocycles. The summed E-state index contributed by atoms with van der Waals surface area (Å²) in [6.45, 7) is -0.0102. The summed E-state index contributed by atoms with van der Waals surface area (Å²) in [7, 11) is 1.86. The predicted octanol–water partition coefficient (Wildman–Crippen LogP) is 2.64. The number of benzene rings is 2. The second-order valence-electron chi connectivity index (χ2n) is 4.56. The van der Waals surface area contributed by atoms with Crippen molar-refractivity contribution in [3.05, 3.63) is 60.2 Å². The second kappa shape index (κ2) is 5.27. The molecule has 20 heavy (non-hydrogen) atoms. The summed E-state index contributed by atoms with van der Waals surface area (Å²) in [5, 5.41) is 13.9. The minimum atomic E-state index is -0.0102. The molecule has 2 aromatic carbocycles. The molecule has 0 bridgehead atoms. The molecule has 0 aliphatic rings. The number of hydrogen-bond donors (Lipinski definition) is 1. The normalized spacial score (nSPS) is 10.7. The average molecular weight is 265 g/mol. The fraction of sp³-hybridized carbons (Fsp3) is 0.125. The van der Waals surface area contributed by atoms with Crippen LogP contribution in [0.3, 0.4) is 0 Å². The van der Waals surface area contributed by atoms with Gasteiger partial charge in [0.05, 0.1) is 6.61 Å². The molecule has 0 unspecified atom stereocenters. The lowest BCUT2D eigenvalue weighted by molar-refractivity contribution is 0.282. The molecule has 0 aliphatic heterocycles. The summed E-state index contributed by atoms with van der Waals surface area (Å²) in [6.07, 6.45) is 0. The zero-order valence-corrected chi connectivity index (χ0v) is 11.2. The van der Waals surface area contributed by atoms with E-state index in [1.165, 1.54) is 0 Å². The van der Waals surface area contributed by atoms with E-state index in [1.54, 1.807) is 4.68 Å². The lowest BCUT2D eigenvalue weighted by atomic mass is 10.1. The predicted molar refractivity (Wildman–Crippen MR) is 77.8 cm³/mol. The van der Waals surface area contributed by atoms with Crippen LogP contribution in [0.25, 0.3) is 22.8 Å². The van der Waals surface area contributed by atoms with E-state index in [0.717, 1.165) is 22.5 Å². The molecule has 4 heteroatoms. The van der Waals surface area contributed by atoms with E-state index < -0.39 is 0 Å². The first kappa shape index (κ1) is 12.6. The highest BCUT2D eigenvalue weighted by molar-refractivity contribution is 5.64. The molecule has 1 aromatic heterocycles. The molecule has 0 spiro atoms. The zero-order valence-electron chi connectivity index (χ0n) is 11.2. The van der Waals surface area contributed by atoms with Gasteiger partial charge in [-0.1, -0.05) is 54.6 Å². The van der Waals surface area contributed by atoms with Crippen LogP contribution in [0.15, 0.2) is 54.6 Å². The Labute approximate surface area is 117 Å². The Bertz CT molecular complexity index is 720. The van der Waals surface area contributed by atoms with Crippen LogP contribution in [-0.4, -0.2) is 19.9 Å². The van der Waals surface area contributed by atoms with Gasteiger partial charge in [0.1, 0.15) is 0 Å². The quantitative estimate of drug-likeness (QED) is 0.792. The maximum atomic E-state index is 9.44. The van der Waals surface area contributed by atoms with Crippen molar-refractivity contribution in [2.45, 2.75) is 6.61 Å². The first-order chi connectivity index (χ1) is 9.79. The molecular weight excluding hydrogens is 250 g/mol. The molecule has 0 atom stereocenters. The van der Waals surface area contributed by atoms with Gasteiger partial charge >= 0.3 is 0 Å². The van der Waals surface area contributed by atoms with Crippen molar-refractivity contribution < 1.29 is 5.11 Å². The van der Waals surface area contributed by atoms with Gasteiger partial charge in [-0.25, -0.2) is 9.67 Å².